The molecular formula is C23H27NO. The zero-order valence-electron chi connectivity index (χ0n) is 15.6. The molecule has 130 valence electrons. The quantitative estimate of drug-likeness (QED) is 0.786. The second-order valence-electron chi connectivity index (χ2n) is 6.38. The molecule has 2 aromatic rings. The zero-order chi connectivity index (χ0) is 18.2. The topological polar surface area (TPSA) is 29.1 Å². The molecule has 1 aliphatic carbocycles. The second kappa shape index (κ2) is 9.14. The van der Waals surface area contributed by atoms with Gasteiger partial charge >= 0.3 is 0 Å². The Morgan fingerprint density at radius 3 is 1.48 bits per heavy atom. The van der Waals surface area contributed by atoms with Gasteiger partial charge in [0.05, 0.1) is 0 Å². The van der Waals surface area contributed by atoms with Crippen LogP contribution < -0.4 is 5.32 Å². The van der Waals surface area contributed by atoms with Gasteiger partial charge in [-0.2, -0.15) is 0 Å². The Hall–Kier alpha value is -2.45. The molecule has 25 heavy (non-hydrogen) atoms. The van der Waals surface area contributed by atoms with Crippen LogP contribution in [0.3, 0.4) is 0 Å². The molecule has 0 atom stereocenters. The van der Waals surface area contributed by atoms with Crippen LogP contribution in [0.2, 0.25) is 0 Å². The minimum atomic E-state index is 0.200. The monoisotopic (exact) mass is 333 g/mol. The number of hydrogen-bond acceptors (Lipinski definition) is 2. The number of ketones is 1. The van der Waals surface area contributed by atoms with E-state index in [4.69, 9.17) is 0 Å². The van der Waals surface area contributed by atoms with Crippen LogP contribution in [0.25, 0.3) is 12.2 Å². The molecule has 0 unspecified atom stereocenters. The number of hydrogen-bond donors (Lipinski definition) is 1. The first-order valence-electron chi connectivity index (χ1n) is 8.72. The maximum Gasteiger partial charge on any atom is 0.185 e. The molecule has 0 saturated heterocycles. The van der Waals surface area contributed by atoms with Crippen LogP contribution in [0.5, 0.6) is 0 Å². The molecule has 2 heteroatoms. The minimum absolute atomic E-state index is 0.200. The fraction of sp³-hybridized carbons (Fsp3) is 0.261. The molecule has 1 aliphatic rings. The minimum Gasteiger partial charge on any atom is -0.323 e. The first kappa shape index (κ1) is 18.9. The summed E-state index contributed by atoms with van der Waals surface area (Å²) in [6, 6.07) is 16.4. The second-order valence-corrected chi connectivity index (χ2v) is 6.38. The molecule has 1 saturated carbocycles. The average molecular weight is 333 g/mol. The molecular weight excluding hydrogens is 306 g/mol. The van der Waals surface area contributed by atoms with E-state index in [1.807, 2.05) is 38.4 Å². The Morgan fingerprint density at radius 1 is 0.760 bits per heavy atom. The third-order valence-corrected chi connectivity index (χ3v) is 4.28. The number of benzene rings is 2. The summed E-state index contributed by atoms with van der Waals surface area (Å²) in [5.74, 6) is 0.200. The summed E-state index contributed by atoms with van der Waals surface area (Å²) in [5, 5.41) is 2.75. The Kier molecular flexibility index (Phi) is 6.91. The van der Waals surface area contributed by atoms with Gasteiger partial charge in [-0.25, -0.2) is 0 Å². The van der Waals surface area contributed by atoms with Gasteiger partial charge in [-0.1, -0.05) is 48.5 Å². The van der Waals surface area contributed by atoms with E-state index in [2.05, 4.69) is 55.6 Å². The highest BCUT2D eigenvalue weighted by molar-refractivity contribution is 6.15. The smallest absolute Gasteiger partial charge is 0.185 e. The van der Waals surface area contributed by atoms with Gasteiger partial charge in [-0.15, -0.1) is 0 Å². The van der Waals surface area contributed by atoms with Crippen LogP contribution in [0.1, 0.15) is 35.1 Å². The predicted molar refractivity (Wildman–Crippen MR) is 108 cm³/mol. The maximum atomic E-state index is 12.6. The summed E-state index contributed by atoms with van der Waals surface area (Å²) in [5.41, 5.74) is 6.55. The molecule has 0 aromatic heterocycles. The van der Waals surface area contributed by atoms with Crippen molar-refractivity contribution in [3.05, 3.63) is 81.9 Å². The van der Waals surface area contributed by atoms with Gasteiger partial charge in [-0.3, -0.25) is 4.79 Å². The van der Waals surface area contributed by atoms with Gasteiger partial charge in [0.15, 0.2) is 5.78 Å². The number of aryl methyl sites for hydroxylation is 2. The normalized spacial score (nSPS) is 16.9. The summed E-state index contributed by atoms with van der Waals surface area (Å²) in [6.07, 6.45) is 5.78. The van der Waals surface area contributed by atoms with Gasteiger partial charge in [0.25, 0.3) is 0 Å². The Morgan fingerprint density at radius 2 is 1.12 bits per heavy atom. The third-order valence-electron chi connectivity index (χ3n) is 4.28. The van der Waals surface area contributed by atoms with Gasteiger partial charge in [-0.05, 0) is 75.2 Å². The fourth-order valence-electron chi connectivity index (χ4n) is 2.85. The Bertz CT molecular complexity index is 734. The van der Waals surface area contributed by atoms with E-state index in [1.54, 1.807) is 0 Å². The molecule has 0 radical (unpaired) electrons. The molecule has 0 heterocycles. The molecule has 0 amide bonds. The zero-order valence-corrected chi connectivity index (χ0v) is 15.6. The maximum absolute atomic E-state index is 12.6. The number of carbonyl (C=O) groups excluding carboxylic acids is 1. The summed E-state index contributed by atoms with van der Waals surface area (Å²) in [7, 11) is 3.75. The van der Waals surface area contributed by atoms with Crippen LogP contribution >= 0.6 is 0 Å². The lowest BCUT2D eigenvalue weighted by atomic mass is 10.0. The molecule has 2 aromatic carbocycles. The summed E-state index contributed by atoms with van der Waals surface area (Å²) < 4.78 is 0. The van der Waals surface area contributed by atoms with Crippen LogP contribution in [0.4, 0.5) is 0 Å². The van der Waals surface area contributed by atoms with E-state index >= 15 is 0 Å². The Balaban J connectivity index is 0.000000701. The van der Waals surface area contributed by atoms with E-state index in [1.165, 1.54) is 11.1 Å². The number of Topliss-reactive ketones (excluding diaryl/α,β-unsaturated/α-hetero) is 1. The van der Waals surface area contributed by atoms with E-state index in [-0.39, 0.29) is 5.78 Å². The predicted octanol–water partition coefficient (Wildman–Crippen LogP) is 4.97. The molecule has 1 N–H and O–H groups in total. The molecule has 0 bridgehead atoms. The lowest BCUT2D eigenvalue weighted by molar-refractivity contribution is -0.111. The lowest BCUT2D eigenvalue weighted by Crippen LogP contribution is -1.96. The SMILES string of the molecule is CNC.Cc1ccccc1C=C1CCC(=Cc2ccccc2C)C1=O. The van der Waals surface area contributed by atoms with Crippen molar-refractivity contribution in [3.8, 4) is 0 Å². The van der Waals surface area contributed by atoms with E-state index in [0.717, 1.165) is 35.1 Å². The van der Waals surface area contributed by atoms with Crippen molar-refractivity contribution in [3.63, 3.8) is 0 Å². The van der Waals surface area contributed by atoms with Crippen molar-refractivity contribution in [2.24, 2.45) is 0 Å². The van der Waals surface area contributed by atoms with Crippen LogP contribution in [-0.2, 0) is 4.79 Å². The van der Waals surface area contributed by atoms with Crippen LogP contribution in [-0.4, -0.2) is 19.9 Å². The van der Waals surface area contributed by atoms with Gasteiger partial charge < -0.3 is 5.32 Å². The van der Waals surface area contributed by atoms with E-state index in [0.29, 0.717) is 0 Å². The van der Waals surface area contributed by atoms with E-state index < -0.39 is 0 Å². The first-order valence-corrected chi connectivity index (χ1v) is 8.72. The number of nitrogens with one attached hydrogen (secondary N) is 1. The number of rotatable bonds is 2. The standard InChI is InChI=1S/C21H20O.C2H7N/c1-15-7-3-5-9-17(15)13-19-11-12-20(21(19)22)14-18-10-6-4-8-16(18)2;1-3-2/h3-10,13-14H,11-12H2,1-2H3;3H,1-2H3. The van der Waals surface area contributed by atoms with Crippen molar-refractivity contribution in [1.29, 1.82) is 0 Å². The molecule has 0 aliphatic heterocycles. The Labute approximate surface area is 151 Å². The van der Waals surface area contributed by atoms with Crippen molar-refractivity contribution in [2.45, 2.75) is 26.7 Å². The molecule has 2 nitrogen and oxygen atoms in total. The number of allylic oxidation sites excluding steroid dienone is 2. The molecule has 0 spiro atoms. The fourth-order valence-corrected chi connectivity index (χ4v) is 2.85. The van der Waals surface area contributed by atoms with E-state index in [9.17, 15) is 4.79 Å². The highest BCUT2D eigenvalue weighted by atomic mass is 16.1. The van der Waals surface area contributed by atoms with Crippen molar-refractivity contribution >= 4 is 17.9 Å². The van der Waals surface area contributed by atoms with Crippen LogP contribution in [0.15, 0.2) is 59.7 Å². The number of carbonyl (C=O) groups is 1. The van der Waals surface area contributed by atoms with Crippen LogP contribution in [0, 0.1) is 13.8 Å². The molecule has 1 fully saturated rings. The van der Waals surface area contributed by atoms with Gasteiger partial charge in [0, 0.05) is 11.1 Å². The summed E-state index contributed by atoms with van der Waals surface area (Å²) >= 11 is 0. The average Bonchev–Trinajstić information content (AvgIpc) is 2.93. The third kappa shape index (κ3) is 5.01. The highest BCUT2D eigenvalue weighted by Gasteiger charge is 2.23. The van der Waals surface area contributed by atoms with Crippen molar-refractivity contribution in [2.75, 3.05) is 14.1 Å². The largest absolute Gasteiger partial charge is 0.323 e. The van der Waals surface area contributed by atoms with Crippen molar-refractivity contribution in [1.82, 2.24) is 5.32 Å². The molecule has 3 rings (SSSR count). The summed E-state index contributed by atoms with van der Waals surface area (Å²) in [4.78, 5) is 12.6. The van der Waals surface area contributed by atoms with Gasteiger partial charge in [0.1, 0.15) is 0 Å². The lowest BCUT2D eigenvalue weighted by Gasteiger charge is -2.02. The first-order chi connectivity index (χ1) is 12.1. The van der Waals surface area contributed by atoms with Crippen molar-refractivity contribution < 1.29 is 4.79 Å². The summed E-state index contributed by atoms with van der Waals surface area (Å²) in [6.45, 7) is 4.16. The van der Waals surface area contributed by atoms with Gasteiger partial charge in [0.2, 0.25) is 0 Å². The highest BCUT2D eigenvalue weighted by Crippen LogP contribution is 2.30.